The second kappa shape index (κ2) is 3.22. The van der Waals surface area contributed by atoms with Crippen LogP contribution in [0.4, 0.5) is 0 Å². The van der Waals surface area contributed by atoms with Gasteiger partial charge in [0.05, 0.1) is 0 Å². The Morgan fingerprint density at radius 2 is 1.60 bits per heavy atom. The monoisotopic (exact) mass is 158 g/mol. The predicted molar refractivity (Wildman–Crippen MR) is 50.4 cm³/mol. The molecule has 0 N–H and O–H groups in total. The Balaban J connectivity index is 2.48. The van der Waals surface area contributed by atoms with Gasteiger partial charge < -0.3 is 0 Å². The highest BCUT2D eigenvalue weighted by atomic mass is 31.0. The van der Waals surface area contributed by atoms with Crippen LogP contribution in [-0.4, -0.2) is 5.16 Å². The summed E-state index contributed by atoms with van der Waals surface area (Å²) in [6.45, 7) is 4.69. The highest BCUT2D eigenvalue weighted by Crippen LogP contribution is 2.41. The van der Waals surface area contributed by atoms with Crippen molar-refractivity contribution in [2.45, 2.75) is 51.1 Å². The number of hydrogen-bond acceptors (Lipinski definition) is 0. The van der Waals surface area contributed by atoms with Crippen LogP contribution in [0.15, 0.2) is 0 Å². The molecule has 0 nitrogen and oxygen atoms in total. The van der Waals surface area contributed by atoms with Crippen LogP contribution >= 0.6 is 9.24 Å². The van der Waals surface area contributed by atoms with E-state index in [1.807, 2.05) is 0 Å². The molecule has 0 saturated heterocycles. The topological polar surface area (TPSA) is 0 Å². The molecule has 0 aromatic rings. The highest BCUT2D eigenvalue weighted by molar-refractivity contribution is 7.19. The van der Waals surface area contributed by atoms with Crippen LogP contribution in [0.25, 0.3) is 0 Å². The minimum absolute atomic E-state index is 0.595. The van der Waals surface area contributed by atoms with Gasteiger partial charge in [-0.2, -0.15) is 0 Å². The third-order valence-electron chi connectivity index (χ3n) is 2.93. The lowest BCUT2D eigenvalue weighted by molar-refractivity contribution is 0.318. The summed E-state index contributed by atoms with van der Waals surface area (Å²) in [6, 6.07) is 0. The van der Waals surface area contributed by atoms with Crippen molar-refractivity contribution in [3.8, 4) is 0 Å². The molecule has 1 aliphatic rings. The van der Waals surface area contributed by atoms with Crippen molar-refractivity contribution in [3.05, 3.63) is 0 Å². The summed E-state index contributed by atoms with van der Waals surface area (Å²) in [4.78, 5) is 0. The zero-order valence-corrected chi connectivity index (χ0v) is 8.34. The second-order valence-electron chi connectivity index (χ2n) is 3.95. The lowest BCUT2D eigenvalue weighted by Crippen LogP contribution is -2.29. The van der Waals surface area contributed by atoms with Crippen LogP contribution < -0.4 is 0 Å². The summed E-state index contributed by atoms with van der Waals surface area (Å²) in [7, 11) is 3.08. The average molecular weight is 158 g/mol. The summed E-state index contributed by atoms with van der Waals surface area (Å²) >= 11 is 0. The Labute approximate surface area is 67.0 Å². The highest BCUT2D eigenvalue weighted by Gasteiger charge is 2.29. The van der Waals surface area contributed by atoms with Crippen LogP contribution in [-0.2, 0) is 0 Å². The summed E-state index contributed by atoms with van der Waals surface area (Å²) in [5, 5.41) is 0.595. The van der Waals surface area contributed by atoms with Gasteiger partial charge in [-0.05, 0) is 23.9 Å². The Morgan fingerprint density at radius 3 is 1.90 bits per heavy atom. The minimum atomic E-state index is 0.595. The number of hydrogen-bond donors (Lipinski definition) is 0. The first-order valence-corrected chi connectivity index (χ1v) is 5.02. The van der Waals surface area contributed by atoms with Crippen molar-refractivity contribution in [2.24, 2.45) is 5.92 Å². The molecule has 0 aliphatic heterocycles. The van der Waals surface area contributed by atoms with Crippen molar-refractivity contribution < 1.29 is 0 Å². The van der Waals surface area contributed by atoms with Gasteiger partial charge in [0.2, 0.25) is 0 Å². The fourth-order valence-electron chi connectivity index (χ4n) is 1.79. The molecule has 1 aliphatic carbocycles. The van der Waals surface area contributed by atoms with Gasteiger partial charge in [-0.15, -0.1) is 9.24 Å². The van der Waals surface area contributed by atoms with E-state index in [9.17, 15) is 0 Å². The van der Waals surface area contributed by atoms with E-state index in [1.54, 1.807) is 0 Å². The van der Waals surface area contributed by atoms with Crippen LogP contribution in [0.1, 0.15) is 46.0 Å². The van der Waals surface area contributed by atoms with Crippen molar-refractivity contribution in [1.82, 2.24) is 0 Å². The zero-order chi connectivity index (χ0) is 7.61. The Morgan fingerprint density at radius 1 is 1.10 bits per heavy atom. The largest absolute Gasteiger partial charge is 0.131 e. The maximum absolute atomic E-state index is 3.08. The summed E-state index contributed by atoms with van der Waals surface area (Å²) in [5.41, 5.74) is 0. The first kappa shape index (κ1) is 8.53. The second-order valence-corrected chi connectivity index (χ2v) is 5.10. The fraction of sp³-hybridized carbons (Fsp3) is 1.00. The van der Waals surface area contributed by atoms with E-state index >= 15 is 0 Å². The Hall–Kier alpha value is 0.430. The summed E-state index contributed by atoms with van der Waals surface area (Å²) < 4.78 is 0. The van der Waals surface area contributed by atoms with Crippen LogP contribution in [0.5, 0.6) is 0 Å². The van der Waals surface area contributed by atoms with Crippen LogP contribution in [0, 0.1) is 5.92 Å². The molecule has 1 unspecified atom stereocenters. The summed E-state index contributed by atoms with van der Waals surface area (Å²) in [6.07, 6.45) is 7.21. The zero-order valence-electron chi connectivity index (χ0n) is 7.19. The predicted octanol–water partition coefficient (Wildman–Crippen LogP) is 3.22. The lowest BCUT2D eigenvalue weighted by Gasteiger charge is -2.37. The summed E-state index contributed by atoms with van der Waals surface area (Å²) in [5.74, 6) is 0.845. The molecule has 60 valence electrons. The molecular formula is C9H19P. The maximum atomic E-state index is 3.08. The third-order valence-corrected chi connectivity index (χ3v) is 4.18. The molecule has 0 spiro atoms. The van der Waals surface area contributed by atoms with Gasteiger partial charge in [-0.1, -0.05) is 33.1 Å². The van der Waals surface area contributed by atoms with E-state index in [2.05, 4.69) is 23.1 Å². The standard InChI is InChI=1S/C9H19P/c1-8(2)9(10)6-4-3-5-7-9/h8H,3-7,10H2,1-2H3. The molecule has 0 radical (unpaired) electrons. The molecule has 0 amide bonds. The van der Waals surface area contributed by atoms with Crippen LogP contribution in [0.3, 0.4) is 0 Å². The van der Waals surface area contributed by atoms with Crippen molar-refractivity contribution >= 4 is 9.24 Å². The molecule has 10 heavy (non-hydrogen) atoms. The molecule has 1 rings (SSSR count). The smallest absolute Gasteiger partial charge is 0.0127 e. The van der Waals surface area contributed by atoms with Gasteiger partial charge in [-0.3, -0.25) is 0 Å². The molecule has 1 saturated carbocycles. The average Bonchev–Trinajstić information content (AvgIpc) is 1.89. The van der Waals surface area contributed by atoms with Gasteiger partial charge in [0, 0.05) is 0 Å². The molecule has 0 aromatic heterocycles. The maximum Gasteiger partial charge on any atom is -0.0127 e. The molecule has 0 bridgehead atoms. The van der Waals surface area contributed by atoms with Crippen LogP contribution in [0.2, 0.25) is 0 Å². The fourth-order valence-corrected chi connectivity index (χ4v) is 2.20. The van der Waals surface area contributed by atoms with E-state index in [0.29, 0.717) is 5.16 Å². The number of rotatable bonds is 1. The third kappa shape index (κ3) is 1.72. The molecular weight excluding hydrogens is 139 g/mol. The van der Waals surface area contributed by atoms with E-state index in [0.717, 1.165) is 5.92 Å². The van der Waals surface area contributed by atoms with Crippen molar-refractivity contribution in [3.63, 3.8) is 0 Å². The quantitative estimate of drug-likeness (QED) is 0.514. The SMILES string of the molecule is CC(C)C1(P)CCCCC1. The molecule has 1 heteroatoms. The van der Waals surface area contributed by atoms with E-state index in [-0.39, 0.29) is 0 Å². The first-order chi connectivity index (χ1) is 4.65. The van der Waals surface area contributed by atoms with Crippen molar-refractivity contribution in [1.29, 1.82) is 0 Å². The van der Waals surface area contributed by atoms with Gasteiger partial charge in [-0.25, -0.2) is 0 Å². The Bertz CT molecular complexity index is 101. The van der Waals surface area contributed by atoms with Gasteiger partial charge in [0.1, 0.15) is 0 Å². The van der Waals surface area contributed by atoms with E-state index in [1.165, 1.54) is 32.1 Å². The van der Waals surface area contributed by atoms with Gasteiger partial charge in [0.15, 0.2) is 0 Å². The molecule has 1 fully saturated rings. The molecule has 1 atom stereocenters. The van der Waals surface area contributed by atoms with Gasteiger partial charge in [0.25, 0.3) is 0 Å². The van der Waals surface area contributed by atoms with Gasteiger partial charge >= 0.3 is 0 Å². The Kier molecular flexibility index (Phi) is 2.74. The lowest BCUT2D eigenvalue weighted by atomic mass is 9.81. The van der Waals surface area contributed by atoms with E-state index in [4.69, 9.17) is 0 Å². The normalized spacial score (nSPS) is 25.2. The molecule has 0 aromatic carbocycles. The van der Waals surface area contributed by atoms with E-state index < -0.39 is 0 Å². The molecule has 0 heterocycles. The first-order valence-electron chi connectivity index (χ1n) is 4.44. The van der Waals surface area contributed by atoms with Crippen molar-refractivity contribution in [2.75, 3.05) is 0 Å². The minimum Gasteiger partial charge on any atom is -0.131 e.